The number of hydrogen-bond donors (Lipinski definition) is 0. The second-order valence-electron chi connectivity index (χ2n) is 6.39. The quantitative estimate of drug-likeness (QED) is 0.819. The first kappa shape index (κ1) is 18.4. The number of benzene rings is 2. The standard InChI is InChI=1S/C20H22N2O3S/c1-25-18-11-9-17(10-12-18)20-8-3-2-4-13-22(20)26(23,24)19-7-5-6-16(14-19)15-21/h5-7,9-12,14,20H,2-4,8,13H2,1H3. The fourth-order valence-electron chi connectivity index (χ4n) is 3.39. The van der Waals surface area contributed by atoms with E-state index in [2.05, 4.69) is 0 Å². The number of ether oxygens (including phenoxy) is 1. The fourth-order valence-corrected chi connectivity index (χ4v) is 5.12. The van der Waals surface area contributed by atoms with Crippen molar-refractivity contribution in [2.45, 2.75) is 36.6 Å². The van der Waals surface area contributed by atoms with Gasteiger partial charge in [-0.2, -0.15) is 9.57 Å². The van der Waals surface area contributed by atoms with Gasteiger partial charge in [0.15, 0.2) is 0 Å². The normalized spacial score (nSPS) is 18.7. The lowest BCUT2D eigenvalue weighted by Crippen LogP contribution is -2.34. The zero-order valence-corrected chi connectivity index (χ0v) is 15.6. The lowest BCUT2D eigenvalue weighted by Gasteiger charge is -2.29. The van der Waals surface area contributed by atoms with Crippen LogP contribution in [0.1, 0.15) is 42.9 Å². The molecule has 3 rings (SSSR count). The molecule has 1 fully saturated rings. The summed E-state index contributed by atoms with van der Waals surface area (Å²) in [6, 6.07) is 15.6. The summed E-state index contributed by atoms with van der Waals surface area (Å²) in [6.45, 7) is 0.482. The lowest BCUT2D eigenvalue weighted by molar-refractivity contribution is 0.328. The first-order chi connectivity index (χ1) is 12.6. The third kappa shape index (κ3) is 3.74. The molecule has 0 saturated carbocycles. The van der Waals surface area contributed by atoms with Crippen LogP contribution in [-0.4, -0.2) is 26.4 Å². The predicted octanol–water partition coefficient (Wildman–Crippen LogP) is 3.87. The molecule has 6 heteroatoms. The summed E-state index contributed by atoms with van der Waals surface area (Å²) in [5.74, 6) is 0.749. The zero-order valence-electron chi connectivity index (χ0n) is 14.8. The summed E-state index contributed by atoms with van der Waals surface area (Å²) in [5.41, 5.74) is 1.31. The molecule has 26 heavy (non-hydrogen) atoms. The van der Waals surface area contributed by atoms with Gasteiger partial charge < -0.3 is 4.74 Å². The van der Waals surface area contributed by atoms with Gasteiger partial charge in [-0.1, -0.05) is 31.0 Å². The van der Waals surface area contributed by atoms with E-state index in [9.17, 15) is 8.42 Å². The maximum atomic E-state index is 13.3. The van der Waals surface area contributed by atoms with Crippen molar-refractivity contribution in [1.82, 2.24) is 4.31 Å². The summed E-state index contributed by atoms with van der Waals surface area (Å²) >= 11 is 0. The SMILES string of the molecule is COc1ccc(C2CCCCCN2S(=O)(=O)c2cccc(C#N)c2)cc1. The Bertz CT molecular complexity index is 901. The van der Waals surface area contributed by atoms with Gasteiger partial charge in [-0.3, -0.25) is 0 Å². The van der Waals surface area contributed by atoms with Crippen molar-refractivity contribution in [3.63, 3.8) is 0 Å². The molecular weight excluding hydrogens is 348 g/mol. The molecule has 1 aliphatic heterocycles. The van der Waals surface area contributed by atoms with E-state index in [1.807, 2.05) is 30.3 Å². The van der Waals surface area contributed by atoms with E-state index in [1.54, 1.807) is 29.6 Å². The Labute approximate surface area is 154 Å². The Hall–Kier alpha value is -2.36. The third-order valence-corrected chi connectivity index (χ3v) is 6.68. The first-order valence-corrected chi connectivity index (χ1v) is 10.2. The summed E-state index contributed by atoms with van der Waals surface area (Å²) in [4.78, 5) is 0.178. The molecule has 0 N–H and O–H groups in total. The van der Waals surface area contributed by atoms with E-state index in [0.717, 1.165) is 37.0 Å². The molecule has 1 aliphatic rings. The summed E-state index contributed by atoms with van der Waals surface area (Å²) < 4.78 is 33.4. The van der Waals surface area contributed by atoms with E-state index < -0.39 is 10.0 Å². The second kappa shape index (κ2) is 7.90. The molecule has 0 aromatic heterocycles. The van der Waals surface area contributed by atoms with Crippen LogP contribution in [0.3, 0.4) is 0 Å². The van der Waals surface area contributed by atoms with Gasteiger partial charge in [-0.25, -0.2) is 8.42 Å². The smallest absolute Gasteiger partial charge is 0.243 e. The van der Waals surface area contributed by atoms with Crippen LogP contribution in [0, 0.1) is 11.3 Å². The van der Waals surface area contributed by atoms with Crippen LogP contribution >= 0.6 is 0 Å². The highest BCUT2D eigenvalue weighted by molar-refractivity contribution is 7.89. The molecule has 136 valence electrons. The van der Waals surface area contributed by atoms with Crippen LogP contribution in [-0.2, 0) is 10.0 Å². The van der Waals surface area contributed by atoms with Gasteiger partial charge in [0.25, 0.3) is 0 Å². The lowest BCUT2D eigenvalue weighted by atomic mass is 10.0. The summed E-state index contributed by atoms with van der Waals surface area (Å²) in [6.07, 6.45) is 3.62. The minimum absolute atomic E-state index is 0.178. The minimum Gasteiger partial charge on any atom is -0.497 e. The van der Waals surface area contributed by atoms with Gasteiger partial charge in [-0.15, -0.1) is 0 Å². The first-order valence-electron chi connectivity index (χ1n) is 8.72. The molecule has 1 saturated heterocycles. The number of nitrogens with zero attached hydrogens (tertiary/aromatic N) is 2. The Morgan fingerprint density at radius 3 is 2.58 bits per heavy atom. The van der Waals surface area contributed by atoms with Crippen LogP contribution in [0.4, 0.5) is 0 Å². The number of sulfonamides is 1. The predicted molar refractivity (Wildman–Crippen MR) is 99.3 cm³/mol. The van der Waals surface area contributed by atoms with Gasteiger partial charge in [0.2, 0.25) is 10.0 Å². The fraction of sp³-hybridized carbons (Fsp3) is 0.350. The molecule has 0 amide bonds. The topological polar surface area (TPSA) is 70.4 Å². The van der Waals surface area contributed by atoms with Crippen LogP contribution < -0.4 is 4.74 Å². The van der Waals surface area contributed by atoms with Crippen molar-refractivity contribution in [2.24, 2.45) is 0 Å². The Balaban J connectivity index is 2.01. The van der Waals surface area contributed by atoms with Gasteiger partial charge in [0.1, 0.15) is 5.75 Å². The Morgan fingerprint density at radius 1 is 1.12 bits per heavy atom. The molecule has 2 aromatic carbocycles. The minimum atomic E-state index is -3.68. The molecule has 0 aliphatic carbocycles. The molecule has 0 radical (unpaired) electrons. The number of rotatable bonds is 4. The molecule has 0 spiro atoms. The van der Waals surface area contributed by atoms with Gasteiger partial charge in [0.05, 0.1) is 29.7 Å². The number of hydrogen-bond acceptors (Lipinski definition) is 4. The highest BCUT2D eigenvalue weighted by Gasteiger charge is 2.33. The average molecular weight is 370 g/mol. The van der Waals surface area contributed by atoms with Crippen LogP contribution in [0.25, 0.3) is 0 Å². The monoisotopic (exact) mass is 370 g/mol. The third-order valence-electron chi connectivity index (χ3n) is 4.77. The van der Waals surface area contributed by atoms with Crippen LogP contribution in [0.2, 0.25) is 0 Å². The van der Waals surface area contributed by atoms with E-state index in [-0.39, 0.29) is 10.9 Å². The molecule has 1 unspecified atom stereocenters. The van der Waals surface area contributed by atoms with Crippen molar-refractivity contribution in [3.05, 3.63) is 59.7 Å². The van der Waals surface area contributed by atoms with Gasteiger partial charge in [-0.05, 0) is 48.7 Å². The van der Waals surface area contributed by atoms with Crippen LogP contribution in [0.15, 0.2) is 53.4 Å². The Morgan fingerprint density at radius 2 is 1.88 bits per heavy atom. The van der Waals surface area contributed by atoms with Crippen molar-refractivity contribution >= 4 is 10.0 Å². The molecule has 0 bridgehead atoms. The zero-order chi connectivity index (χ0) is 18.6. The highest BCUT2D eigenvalue weighted by Crippen LogP contribution is 2.35. The van der Waals surface area contributed by atoms with E-state index in [0.29, 0.717) is 12.1 Å². The molecule has 1 atom stereocenters. The van der Waals surface area contributed by atoms with E-state index in [4.69, 9.17) is 10.00 Å². The Kier molecular flexibility index (Phi) is 5.60. The van der Waals surface area contributed by atoms with Gasteiger partial charge in [0, 0.05) is 6.54 Å². The largest absolute Gasteiger partial charge is 0.497 e. The van der Waals surface area contributed by atoms with E-state index >= 15 is 0 Å². The van der Waals surface area contributed by atoms with Crippen molar-refractivity contribution in [3.8, 4) is 11.8 Å². The molecular formula is C20H22N2O3S. The highest BCUT2D eigenvalue weighted by atomic mass is 32.2. The maximum Gasteiger partial charge on any atom is 0.243 e. The van der Waals surface area contributed by atoms with Crippen molar-refractivity contribution < 1.29 is 13.2 Å². The second-order valence-corrected chi connectivity index (χ2v) is 8.28. The number of nitriles is 1. The summed E-state index contributed by atoms with van der Waals surface area (Å²) in [5, 5.41) is 9.09. The molecule has 1 heterocycles. The van der Waals surface area contributed by atoms with Gasteiger partial charge >= 0.3 is 0 Å². The average Bonchev–Trinajstić information content (AvgIpc) is 2.94. The molecule has 5 nitrogen and oxygen atoms in total. The van der Waals surface area contributed by atoms with E-state index in [1.165, 1.54) is 6.07 Å². The van der Waals surface area contributed by atoms with Crippen LogP contribution in [0.5, 0.6) is 5.75 Å². The summed E-state index contributed by atoms with van der Waals surface area (Å²) in [7, 11) is -2.07. The number of methoxy groups -OCH3 is 1. The molecule has 2 aromatic rings. The maximum absolute atomic E-state index is 13.3. The van der Waals surface area contributed by atoms with Crippen molar-refractivity contribution in [2.75, 3.05) is 13.7 Å². The van der Waals surface area contributed by atoms with Crippen molar-refractivity contribution in [1.29, 1.82) is 5.26 Å².